The third kappa shape index (κ3) is 5.14. The van der Waals surface area contributed by atoms with Gasteiger partial charge < -0.3 is 10.4 Å². The van der Waals surface area contributed by atoms with E-state index in [2.05, 4.69) is 10.3 Å². The zero-order valence-electron chi connectivity index (χ0n) is 10.5. The summed E-state index contributed by atoms with van der Waals surface area (Å²) < 4.78 is 22.1. The number of rotatable bonds is 6. The lowest BCUT2D eigenvalue weighted by atomic mass is 10.2. The number of halogens is 1. The van der Waals surface area contributed by atoms with Gasteiger partial charge in [0.15, 0.2) is 0 Å². The molecule has 9 heteroatoms. The Kier molecular flexibility index (Phi) is 5.46. The average Bonchev–Trinajstić information content (AvgIpc) is 2.33. The Bertz CT molecular complexity index is 617. The molecule has 0 saturated heterocycles. The molecule has 0 aliphatic rings. The second-order valence-electron chi connectivity index (χ2n) is 4.14. The van der Waals surface area contributed by atoms with Crippen LogP contribution in [-0.4, -0.2) is 48.4 Å². The van der Waals surface area contributed by atoms with E-state index in [-0.39, 0.29) is 22.8 Å². The van der Waals surface area contributed by atoms with E-state index in [1.54, 1.807) is 0 Å². The number of hydrogen-bond donors (Lipinski definition) is 2. The van der Waals surface area contributed by atoms with Crippen molar-refractivity contribution in [2.75, 3.05) is 12.0 Å². The van der Waals surface area contributed by atoms with Crippen LogP contribution in [-0.2, 0) is 14.6 Å². The first-order chi connectivity index (χ1) is 9.20. The number of aliphatic carboxylic acids is 1. The first kappa shape index (κ1) is 16.4. The van der Waals surface area contributed by atoms with Crippen LogP contribution in [0.5, 0.6) is 0 Å². The lowest BCUT2D eigenvalue weighted by Gasteiger charge is -2.14. The minimum Gasteiger partial charge on any atom is -0.480 e. The molecule has 1 atom stereocenters. The summed E-state index contributed by atoms with van der Waals surface area (Å²) in [5, 5.41) is 11.3. The molecule has 0 aliphatic carbocycles. The van der Waals surface area contributed by atoms with Gasteiger partial charge in [-0.3, -0.25) is 9.78 Å². The molecule has 1 aromatic heterocycles. The van der Waals surface area contributed by atoms with Gasteiger partial charge in [-0.15, -0.1) is 0 Å². The van der Waals surface area contributed by atoms with Crippen LogP contribution in [0.1, 0.15) is 16.8 Å². The van der Waals surface area contributed by atoms with Gasteiger partial charge in [0, 0.05) is 18.6 Å². The highest BCUT2D eigenvalue weighted by Crippen LogP contribution is 2.13. The van der Waals surface area contributed by atoms with Crippen molar-refractivity contribution in [3.63, 3.8) is 0 Å². The summed E-state index contributed by atoms with van der Waals surface area (Å²) in [7, 11) is -3.31. The van der Waals surface area contributed by atoms with Gasteiger partial charge in [-0.2, -0.15) is 0 Å². The number of sulfone groups is 1. The Morgan fingerprint density at radius 3 is 2.65 bits per heavy atom. The van der Waals surface area contributed by atoms with Crippen LogP contribution in [0.4, 0.5) is 0 Å². The standard InChI is InChI=1S/C11H13ClN2O5S/c1-20(18,19)5-3-9(11(16)17)14-10(15)7-2-4-13-6-8(7)12/h2,4,6,9H,3,5H2,1H3,(H,14,15)(H,16,17). The van der Waals surface area contributed by atoms with Crippen molar-refractivity contribution in [2.45, 2.75) is 12.5 Å². The predicted octanol–water partition coefficient (Wildman–Crippen LogP) is 0.353. The highest BCUT2D eigenvalue weighted by molar-refractivity contribution is 7.90. The van der Waals surface area contributed by atoms with Crippen molar-refractivity contribution in [3.8, 4) is 0 Å². The summed E-state index contributed by atoms with van der Waals surface area (Å²) in [6.07, 6.45) is 3.37. The summed E-state index contributed by atoms with van der Waals surface area (Å²) in [5.41, 5.74) is 0.0762. The molecule has 20 heavy (non-hydrogen) atoms. The molecule has 0 fully saturated rings. The highest BCUT2D eigenvalue weighted by atomic mass is 35.5. The van der Waals surface area contributed by atoms with E-state index in [1.807, 2.05) is 0 Å². The predicted molar refractivity (Wildman–Crippen MR) is 72.5 cm³/mol. The Balaban J connectivity index is 2.79. The number of carboxylic acid groups (broad SMARTS) is 1. The molecule has 0 aliphatic heterocycles. The fraction of sp³-hybridized carbons (Fsp3) is 0.364. The van der Waals surface area contributed by atoms with Crippen molar-refractivity contribution >= 4 is 33.3 Å². The minimum atomic E-state index is -3.31. The van der Waals surface area contributed by atoms with Gasteiger partial charge in [-0.25, -0.2) is 13.2 Å². The topological polar surface area (TPSA) is 113 Å². The second-order valence-corrected chi connectivity index (χ2v) is 6.81. The van der Waals surface area contributed by atoms with Gasteiger partial charge in [-0.1, -0.05) is 11.6 Å². The maximum Gasteiger partial charge on any atom is 0.326 e. The SMILES string of the molecule is CS(=O)(=O)CCC(NC(=O)c1ccncc1Cl)C(=O)O. The fourth-order valence-electron chi connectivity index (χ4n) is 1.38. The number of amides is 1. The fourth-order valence-corrected chi connectivity index (χ4v) is 2.25. The first-order valence-electron chi connectivity index (χ1n) is 5.51. The van der Waals surface area contributed by atoms with Gasteiger partial charge in [0.1, 0.15) is 15.9 Å². The van der Waals surface area contributed by atoms with Crippen LogP contribution < -0.4 is 5.32 Å². The third-order valence-corrected chi connectivity index (χ3v) is 3.68. The van der Waals surface area contributed by atoms with Gasteiger partial charge in [0.25, 0.3) is 5.91 Å². The van der Waals surface area contributed by atoms with Gasteiger partial charge >= 0.3 is 5.97 Å². The van der Waals surface area contributed by atoms with Crippen molar-refractivity contribution < 1.29 is 23.1 Å². The maximum atomic E-state index is 11.9. The van der Waals surface area contributed by atoms with Crippen molar-refractivity contribution in [1.82, 2.24) is 10.3 Å². The van der Waals surface area contributed by atoms with E-state index in [0.29, 0.717) is 0 Å². The summed E-state index contributed by atoms with van der Waals surface area (Å²) in [6.45, 7) is 0. The van der Waals surface area contributed by atoms with E-state index >= 15 is 0 Å². The van der Waals surface area contributed by atoms with E-state index < -0.39 is 27.8 Å². The summed E-state index contributed by atoms with van der Waals surface area (Å²) in [5.74, 6) is -2.35. The van der Waals surface area contributed by atoms with Crippen molar-refractivity contribution in [2.24, 2.45) is 0 Å². The number of hydrogen-bond acceptors (Lipinski definition) is 5. The Morgan fingerprint density at radius 2 is 2.15 bits per heavy atom. The molecule has 1 amide bonds. The molecule has 1 aromatic rings. The molecule has 0 bridgehead atoms. The van der Waals surface area contributed by atoms with Gasteiger partial charge in [-0.05, 0) is 12.5 Å². The summed E-state index contributed by atoms with van der Waals surface area (Å²) in [6, 6.07) is 0.0362. The zero-order chi connectivity index (χ0) is 15.3. The van der Waals surface area contributed by atoms with Crippen LogP contribution in [0, 0.1) is 0 Å². The van der Waals surface area contributed by atoms with Gasteiger partial charge in [0.05, 0.1) is 16.3 Å². The molecule has 2 N–H and O–H groups in total. The Labute approximate surface area is 120 Å². The lowest BCUT2D eigenvalue weighted by Crippen LogP contribution is -2.42. The van der Waals surface area contributed by atoms with Crippen molar-refractivity contribution in [3.05, 3.63) is 29.0 Å². The number of carboxylic acids is 1. The molecule has 0 radical (unpaired) electrons. The first-order valence-corrected chi connectivity index (χ1v) is 7.95. The average molecular weight is 321 g/mol. The highest BCUT2D eigenvalue weighted by Gasteiger charge is 2.23. The quantitative estimate of drug-likeness (QED) is 0.782. The maximum absolute atomic E-state index is 11.9. The Morgan fingerprint density at radius 1 is 1.50 bits per heavy atom. The molecule has 0 aromatic carbocycles. The minimum absolute atomic E-state index is 0.0762. The molecule has 110 valence electrons. The molecule has 1 rings (SSSR count). The summed E-state index contributed by atoms with van der Waals surface area (Å²) in [4.78, 5) is 26.6. The number of carbonyl (C=O) groups is 2. The number of nitrogens with zero attached hydrogens (tertiary/aromatic N) is 1. The smallest absolute Gasteiger partial charge is 0.326 e. The zero-order valence-corrected chi connectivity index (χ0v) is 12.1. The van der Waals surface area contributed by atoms with Crippen LogP contribution >= 0.6 is 11.6 Å². The second kappa shape index (κ2) is 6.67. The lowest BCUT2D eigenvalue weighted by molar-refractivity contribution is -0.139. The normalized spacial score (nSPS) is 12.7. The van der Waals surface area contributed by atoms with E-state index in [4.69, 9.17) is 16.7 Å². The molecular weight excluding hydrogens is 308 g/mol. The number of carbonyl (C=O) groups excluding carboxylic acids is 1. The number of aromatic nitrogens is 1. The monoisotopic (exact) mass is 320 g/mol. The van der Waals surface area contributed by atoms with Crippen LogP contribution in [0.25, 0.3) is 0 Å². The van der Waals surface area contributed by atoms with Gasteiger partial charge in [0.2, 0.25) is 0 Å². The van der Waals surface area contributed by atoms with Crippen LogP contribution in [0.2, 0.25) is 5.02 Å². The van der Waals surface area contributed by atoms with E-state index in [0.717, 1.165) is 6.26 Å². The molecule has 7 nitrogen and oxygen atoms in total. The molecule has 0 spiro atoms. The summed E-state index contributed by atoms with van der Waals surface area (Å²) >= 11 is 5.77. The largest absolute Gasteiger partial charge is 0.480 e. The third-order valence-electron chi connectivity index (χ3n) is 2.40. The van der Waals surface area contributed by atoms with Crippen LogP contribution in [0.15, 0.2) is 18.5 Å². The number of pyridine rings is 1. The van der Waals surface area contributed by atoms with Crippen LogP contribution in [0.3, 0.4) is 0 Å². The van der Waals surface area contributed by atoms with Crippen molar-refractivity contribution in [1.29, 1.82) is 0 Å². The molecule has 0 saturated carbocycles. The van der Waals surface area contributed by atoms with E-state index in [1.165, 1.54) is 18.5 Å². The van der Waals surface area contributed by atoms with E-state index in [9.17, 15) is 18.0 Å². The number of nitrogens with one attached hydrogen (secondary N) is 1. The molecule has 1 unspecified atom stereocenters. The molecular formula is C11H13ClN2O5S. The molecule has 1 heterocycles. The Hall–Kier alpha value is -1.67.